The van der Waals surface area contributed by atoms with Gasteiger partial charge >= 0.3 is 5.97 Å². The maximum atomic E-state index is 12.5. The summed E-state index contributed by atoms with van der Waals surface area (Å²) in [4.78, 5) is 41.8. The van der Waals surface area contributed by atoms with Gasteiger partial charge in [0.05, 0.1) is 31.1 Å². The molecule has 2 heterocycles. The third kappa shape index (κ3) is 2.16. The topological polar surface area (TPSA) is 81.5 Å². The number of nitrogens with zero attached hydrogens (tertiary/aromatic N) is 3. The number of benzene rings is 1. The molecule has 1 aliphatic rings. The van der Waals surface area contributed by atoms with Crippen molar-refractivity contribution in [1.29, 1.82) is 0 Å². The Morgan fingerprint density at radius 2 is 1.86 bits per heavy atom. The van der Waals surface area contributed by atoms with Crippen LogP contribution in [0.3, 0.4) is 0 Å². The van der Waals surface area contributed by atoms with E-state index < -0.39 is 23.8 Å². The first-order valence-electron chi connectivity index (χ1n) is 6.64. The zero-order valence-electron chi connectivity index (χ0n) is 11.8. The number of hydrogen-bond acceptors (Lipinski definition) is 5. The standard InChI is InChI=1S/C15H13N3O4/c1-22-15(21)12(8-17-7-6-16-9-17)18-13(19)10-4-2-3-5-11(10)14(18)20/h2-7,9,12H,8H2,1H3. The number of fused-ring (bicyclic) bond motifs is 1. The molecule has 0 bridgehead atoms. The lowest BCUT2D eigenvalue weighted by Gasteiger charge is -2.24. The third-order valence-corrected chi connectivity index (χ3v) is 3.55. The Morgan fingerprint density at radius 1 is 1.23 bits per heavy atom. The molecule has 1 aromatic carbocycles. The highest BCUT2D eigenvalue weighted by molar-refractivity contribution is 6.22. The first-order chi connectivity index (χ1) is 10.6. The van der Waals surface area contributed by atoms with Crippen LogP contribution in [-0.4, -0.2) is 45.4 Å². The molecule has 22 heavy (non-hydrogen) atoms. The number of methoxy groups -OCH3 is 1. The van der Waals surface area contributed by atoms with Gasteiger partial charge in [-0.1, -0.05) is 12.1 Å². The summed E-state index contributed by atoms with van der Waals surface area (Å²) in [5.41, 5.74) is 0.596. The molecule has 7 heteroatoms. The number of hydrogen-bond donors (Lipinski definition) is 0. The van der Waals surface area contributed by atoms with Crippen molar-refractivity contribution in [3.63, 3.8) is 0 Å². The van der Waals surface area contributed by atoms with E-state index in [1.165, 1.54) is 13.4 Å². The monoisotopic (exact) mass is 299 g/mol. The summed E-state index contributed by atoms with van der Waals surface area (Å²) in [6.07, 6.45) is 4.71. The van der Waals surface area contributed by atoms with Crippen molar-refractivity contribution in [2.45, 2.75) is 12.6 Å². The van der Waals surface area contributed by atoms with Gasteiger partial charge in [-0.3, -0.25) is 14.5 Å². The highest BCUT2D eigenvalue weighted by Crippen LogP contribution is 2.25. The van der Waals surface area contributed by atoms with Crippen LogP contribution >= 0.6 is 0 Å². The van der Waals surface area contributed by atoms with Crippen molar-refractivity contribution in [1.82, 2.24) is 14.5 Å². The van der Waals surface area contributed by atoms with E-state index in [1.807, 2.05) is 0 Å². The van der Waals surface area contributed by atoms with Crippen molar-refractivity contribution in [2.24, 2.45) is 0 Å². The van der Waals surface area contributed by atoms with Crippen LogP contribution in [0.5, 0.6) is 0 Å². The normalized spacial score (nSPS) is 14.9. The minimum absolute atomic E-state index is 0.0954. The molecule has 0 N–H and O–H groups in total. The number of imidazole rings is 1. The lowest BCUT2D eigenvalue weighted by atomic mass is 10.1. The van der Waals surface area contributed by atoms with Gasteiger partial charge in [0.2, 0.25) is 0 Å². The minimum atomic E-state index is -1.04. The molecule has 7 nitrogen and oxygen atoms in total. The first kappa shape index (κ1) is 14.0. The molecule has 0 aliphatic carbocycles. The van der Waals surface area contributed by atoms with E-state index >= 15 is 0 Å². The Hall–Kier alpha value is -2.96. The fourth-order valence-electron chi connectivity index (χ4n) is 2.48. The van der Waals surface area contributed by atoms with Crippen LogP contribution in [0.2, 0.25) is 0 Å². The second kappa shape index (κ2) is 5.44. The molecule has 2 aromatic rings. The number of amides is 2. The van der Waals surface area contributed by atoms with Gasteiger partial charge < -0.3 is 9.30 Å². The highest BCUT2D eigenvalue weighted by atomic mass is 16.5. The summed E-state index contributed by atoms with van der Waals surface area (Å²) >= 11 is 0. The van der Waals surface area contributed by atoms with Gasteiger partial charge in [-0.05, 0) is 12.1 Å². The molecule has 0 radical (unpaired) electrons. The molecule has 0 saturated heterocycles. The Balaban J connectivity index is 1.97. The van der Waals surface area contributed by atoms with Gasteiger partial charge in [0.1, 0.15) is 0 Å². The van der Waals surface area contributed by atoms with Crippen molar-refractivity contribution in [3.8, 4) is 0 Å². The largest absolute Gasteiger partial charge is 0.467 e. The number of carbonyl (C=O) groups is 3. The van der Waals surface area contributed by atoms with E-state index in [9.17, 15) is 14.4 Å². The van der Waals surface area contributed by atoms with Gasteiger partial charge in [-0.2, -0.15) is 0 Å². The molecular formula is C15H13N3O4. The smallest absolute Gasteiger partial charge is 0.330 e. The predicted octanol–water partition coefficient (Wildman–Crippen LogP) is 0.721. The number of ether oxygens (including phenoxy) is 1. The Morgan fingerprint density at radius 3 is 2.36 bits per heavy atom. The van der Waals surface area contributed by atoms with E-state index in [0.29, 0.717) is 11.1 Å². The van der Waals surface area contributed by atoms with Crippen LogP contribution in [0.1, 0.15) is 20.7 Å². The molecule has 112 valence electrons. The molecule has 1 aromatic heterocycles. The van der Waals surface area contributed by atoms with Crippen molar-refractivity contribution in [3.05, 3.63) is 54.1 Å². The van der Waals surface area contributed by atoms with E-state index in [4.69, 9.17) is 4.74 Å². The average Bonchev–Trinajstić information content (AvgIpc) is 3.13. The van der Waals surface area contributed by atoms with Gasteiger partial charge in [0.15, 0.2) is 6.04 Å². The predicted molar refractivity (Wildman–Crippen MR) is 75.0 cm³/mol. The number of carbonyl (C=O) groups excluding carboxylic acids is 3. The summed E-state index contributed by atoms with van der Waals surface area (Å²) in [5, 5.41) is 0. The lowest BCUT2D eigenvalue weighted by Crippen LogP contribution is -2.47. The molecule has 0 saturated carbocycles. The van der Waals surface area contributed by atoms with Crippen LogP contribution in [0.4, 0.5) is 0 Å². The molecule has 1 unspecified atom stereocenters. The second-order valence-corrected chi connectivity index (χ2v) is 4.82. The number of imide groups is 1. The number of esters is 1. The molecular weight excluding hydrogens is 286 g/mol. The maximum Gasteiger partial charge on any atom is 0.330 e. The SMILES string of the molecule is COC(=O)C(Cn1ccnc1)N1C(=O)c2ccccc2C1=O. The average molecular weight is 299 g/mol. The van der Waals surface area contributed by atoms with Crippen LogP contribution in [0, 0.1) is 0 Å². The molecule has 3 rings (SSSR count). The minimum Gasteiger partial charge on any atom is -0.467 e. The fourth-order valence-corrected chi connectivity index (χ4v) is 2.48. The van der Waals surface area contributed by atoms with Crippen LogP contribution < -0.4 is 0 Å². The van der Waals surface area contributed by atoms with E-state index in [1.54, 1.807) is 41.2 Å². The molecule has 1 atom stereocenters. The summed E-state index contributed by atoms with van der Waals surface area (Å²) in [6.45, 7) is 0.0954. The maximum absolute atomic E-state index is 12.5. The summed E-state index contributed by atoms with van der Waals surface area (Å²) < 4.78 is 6.37. The zero-order chi connectivity index (χ0) is 15.7. The summed E-state index contributed by atoms with van der Waals surface area (Å²) in [6, 6.07) is 5.46. The number of aromatic nitrogens is 2. The Bertz CT molecular complexity index is 704. The fraction of sp³-hybridized carbons (Fsp3) is 0.200. The summed E-state index contributed by atoms with van der Waals surface area (Å²) in [7, 11) is 1.22. The van der Waals surface area contributed by atoms with Crippen LogP contribution in [0.25, 0.3) is 0 Å². The summed E-state index contributed by atoms with van der Waals surface area (Å²) in [5.74, 6) is -1.63. The van der Waals surface area contributed by atoms with E-state index in [-0.39, 0.29) is 6.54 Å². The Kier molecular flexibility index (Phi) is 3.46. The lowest BCUT2D eigenvalue weighted by molar-refractivity contribution is -0.145. The van der Waals surface area contributed by atoms with E-state index in [0.717, 1.165) is 4.90 Å². The Labute approximate surface area is 126 Å². The van der Waals surface area contributed by atoms with Crippen molar-refractivity contribution in [2.75, 3.05) is 7.11 Å². The molecule has 0 spiro atoms. The van der Waals surface area contributed by atoms with Gasteiger partial charge in [0, 0.05) is 12.4 Å². The van der Waals surface area contributed by atoms with Gasteiger partial charge in [-0.15, -0.1) is 0 Å². The van der Waals surface area contributed by atoms with Crippen LogP contribution in [0.15, 0.2) is 43.0 Å². The van der Waals surface area contributed by atoms with Crippen molar-refractivity contribution >= 4 is 17.8 Å². The zero-order valence-corrected chi connectivity index (χ0v) is 11.8. The van der Waals surface area contributed by atoms with Gasteiger partial charge in [-0.25, -0.2) is 9.78 Å². The first-order valence-corrected chi connectivity index (χ1v) is 6.64. The molecule has 1 aliphatic heterocycles. The number of rotatable bonds is 4. The molecule has 2 amide bonds. The highest BCUT2D eigenvalue weighted by Gasteiger charge is 2.43. The van der Waals surface area contributed by atoms with Crippen LogP contribution in [-0.2, 0) is 16.1 Å². The van der Waals surface area contributed by atoms with E-state index in [2.05, 4.69) is 4.98 Å². The third-order valence-electron chi connectivity index (χ3n) is 3.55. The van der Waals surface area contributed by atoms with Crippen molar-refractivity contribution < 1.29 is 19.1 Å². The quantitative estimate of drug-likeness (QED) is 0.614. The second-order valence-electron chi connectivity index (χ2n) is 4.82. The molecule has 0 fully saturated rings. The van der Waals surface area contributed by atoms with Gasteiger partial charge in [0.25, 0.3) is 11.8 Å².